The van der Waals surface area contributed by atoms with Crippen LogP contribution < -0.4 is 10.6 Å². The number of hydrogen-bond acceptors (Lipinski definition) is 4. The van der Waals surface area contributed by atoms with Crippen molar-refractivity contribution in [2.75, 3.05) is 19.6 Å². The first-order valence-electron chi connectivity index (χ1n) is 13.1. The van der Waals surface area contributed by atoms with E-state index >= 15 is 0 Å². The lowest BCUT2D eigenvalue weighted by Gasteiger charge is -2.22. The zero-order valence-electron chi connectivity index (χ0n) is 22.3. The van der Waals surface area contributed by atoms with Gasteiger partial charge in [-0.1, -0.05) is 60.1 Å². The molecule has 3 aromatic rings. The number of halogens is 1. The van der Waals surface area contributed by atoms with E-state index in [9.17, 15) is 9.59 Å². The van der Waals surface area contributed by atoms with Crippen LogP contribution in [0.25, 0.3) is 11.1 Å². The fourth-order valence-electron chi connectivity index (χ4n) is 4.52. The molecule has 1 unspecified atom stereocenters. The van der Waals surface area contributed by atoms with Gasteiger partial charge in [0.1, 0.15) is 5.60 Å². The molecular formula is C31H36ClN3O3. The number of amides is 2. The summed E-state index contributed by atoms with van der Waals surface area (Å²) in [6, 6.07) is 23.9. The molecule has 4 rings (SSSR count). The van der Waals surface area contributed by atoms with Gasteiger partial charge in [0.25, 0.3) is 5.91 Å². The number of rotatable bonds is 8. The van der Waals surface area contributed by atoms with Crippen molar-refractivity contribution in [1.29, 1.82) is 0 Å². The Bertz CT molecular complexity index is 1220. The molecular weight excluding hydrogens is 498 g/mol. The number of ether oxygens (including phenoxy) is 1. The van der Waals surface area contributed by atoms with Crippen LogP contribution in [0.1, 0.15) is 48.7 Å². The third-order valence-corrected chi connectivity index (χ3v) is 6.70. The minimum absolute atomic E-state index is 0.0761. The van der Waals surface area contributed by atoms with Gasteiger partial charge in [-0.2, -0.15) is 0 Å². The van der Waals surface area contributed by atoms with E-state index in [2.05, 4.69) is 39.8 Å². The topological polar surface area (TPSA) is 70.7 Å². The standard InChI is InChI=1S/C31H36ClN3O3/c1-31(2,3)38-30(37)34-28-17-19-35(21-28)20-23-6-4-22(5-7-23)16-18-33-29(36)26-10-8-24(9-11-26)25-12-14-27(32)15-13-25/h4-15,28H,16-21H2,1-3H3,(H,33,36)(H,34,37). The number of alkyl carbamates (subject to hydrolysis) is 1. The maximum Gasteiger partial charge on any atom is 0.407 e. The van der Waals surface area contributed by atoms with Gasteiger partial charge in [0.05, 0.1) is 0 Å². The van der Waals surface area contributed by atoms with Crippen molar-refractivity contribution < 1.29 is 14.3 Å². The van der Waals surface area contributed by atoms with Crippen LogP contribution in [0, 0.1) is 0 Å². The molecule has 1 heterocycles. The maximum atomic E-state index is 12.6. The normalized spacial score (nSPS) is 15.7. The predicted molar refractivity (Wildman–Crippen MR) is 152 cm³/mol. The average molecular weight is 534 g/mol. The second-order valence-corrected chi connectivity index (χ2v) is 11.2. The molecule has 38 heavy (non-hydrogen) atoms. The number of likely N-dealkylation sites (tertiary alicyclic amines) is 1. The molecule has 0 spiro atoms. The Hall–Kier alpha value is -3.35. The summed E-state index contributed by atoms with van der Waals surface area (Å²) in [5, 5.41) is 6.69. The second-order valence-electron chi connectivity index (χ2n) is 10.8. The fraction of sp³-hybridized carbons (Fsp3) is 0.355. The summed E-state index contributed by atoms with van der Waals surface area (Å²) in [5.74, 6) is -0.0761. The average Bonchev–Trinajstić information content (AvgIpc) is 3.30. The number of hydrogen-bond donors (Lipinski definition) is 2. The Morgan fingerprint density at radius 1 is 0.921 bits per heavy atom. The minimum atomic E-state index is -0.489. The van der Waals surface area contributed by atoms with Crippen molar-refractivity contribution in [3.8, 4) is 11.1 Å². The van der Waals surface area contributed by atoms with Crippen LogP contribution in [-0.2, 0) is 17.7 Å². The highest BCUT2D eigenvalue weighted by Gasteiger charge is 2.26. The van der Waals surface area contributed by atoms with Gasteiger partial charge in [-0.3, -0.25) is 9.69 Å². The quantitative estimate of drug-likeness (QED) is 0.368. The first-order valence-corrected chi connectivity index (χ1v) is 13.5. The van der Waals surface area contributed by atoms with Crippen LogP contribution in [0.5, 0.6) is 0 Å². The molecule has 6 nitrogen and oxygen atoms in total. The van der Waals surface area contributed by atoms with Crippen LogP contribution in [0.15, 0.2) is 72.8 Å². The lowest BCUT2D eigenvalue weighted by molar-refractivity contribution is 0.0505. The van der Waals surface area contributed by atoms with E-state index in [1.54, 1.807) is 0 Å². The van der Waals surface area contributed by atoms with Gasteiger partial charge >= 0.3 is 6.09 Å². The van der Waals surface area contributed by atoms with Crippen LogP contribution in [0.2, 0.25) is 5.02 Å². The van der Waals surface area contributed by atoms with Crippen molar-refractivity contribution in [1.82, 2.24) is 15.5 Å². The van der Waals surface area contributed by atoms with Gasteiger partial charge in [0.2, 0.25) is 0 Å². The SMILES string of the molecule is CC(C)(C)OC(=O)NC1CCN(Cc2ccc(CCNC(=O)c3ccc(-c4ccc(Cl)cc4)cc3)cc2)C1. The summed E-state index contributed by atoms with van der Waals surface area (Å²) < 4.78 is 5.36. The highest BCUT2D eigenvalue weighted by molar-refractivity contribution is 6.30. The summed E-state index contributed by atoms with van der Waals surface area (Å²) in [4.78, 5) is 26.9. The molecule has 1 aliphatic heterocycles. The van der Waals surface area contributed by atoms with Crippen molar-refractivity contribution in [3.05, 3.63) is 94.5 Å². The Kier molecular flexibility index (Phi) is 9.08. The second kappa shape index (κ2) is 12.5. The molecule has 0 radical (unpaired) electrons. The molecule has 1 aliphatic rings. The first kappa shape index (κ1) is 27.7. The zero-order chi connectivity index (χ0) is 27.1. The molecule has 0 saturated carbocycles. The lowest BCUT2D eigenvalue weighted by atomic mass is 10.0. The molecule has 1 atom stereocenters. The van der Waals surface area contributed by atoms with Crippen molar-refractivity contribution in [2.45, 2.75) is 51.8 Å². The van der Waals surface area contributed by atoms with Crippen molar-refractivity contribution in [3.63, 3.8) is 0 Å². The van der Waals surface area contributed by atoms with Crippen molar-refractivity contribution in [2.24, 2.45) is 0 Å². The summed E-state index contributed by atoms with van der Waals surface area (Å²) in [6.07, 6.45) is 1.33. The molecule has 0 aromatic heterocycles. The number of benzene rings is 3. The maximum absolute atomic E-state index is 12.6. The van der Waals surface area contributed by atoms with Crippen LogP contribution in [0.4, 0.5) is 4.79 Å². The molecule has 3 aromatic carbocycles. The van der Waals surface area contributed by atoms with E-state index < -0.39 is 5.60 Å². The smallest absolute Gasteiger partial charge is 0.407 e. The Morgan fingerprint density at radius 2 is 1.53 bits per heavy atom. The van der Waals surface area contributed by atoms with Gasteiger partial charge in [-0.25, -0.2) is 4.79 Å². The third-order valence-electron chi connectivity index (χ3n) is 6.45. The third kappa shape index (κ3) is 8.33. The Labute approximate surface area is 230 Å². The van der Waals surface area contributed by atoms with Crippen LogP contribution in [0.3, 0.4) is 0 Å². The predicted octanol–water partition coefficient (Wildman–Crippen LogP) is 6.08. The molecule has 7 heteroatoms. The summed E-state index contributed by atoms with van der Waals surface area (Å²) >= 11 is 5.96. The van der Waals surface area contributed by atoms with Gasteiger partial charge in [0, 0.05) is 42.8 Å². The van der Waals surface area contributed by atoms with E-state index in [-0.39, 0.29) is 18.0 Å². The van der Waals surface area contributed by atoms with Crippen LogP contribution >= 0.6 is 11.6 Å². The summed E-state index contributed by atoms with van der Waals surface area (Å²) in [6.45, 7) is 8.77. The lowest BCUT2D eigenvalue weighted by Crippen LogP contribution is -2.40. The monoisotopic (exact) mass is 533 g/mol. The molecule has 2 N–H and O–H groups in total. The van der Waals surface area contributed by atoms with Gasteiger partial charge in [-0.05, 0) is 80.1 Å². The highest BCUT2D eigenvalue weighted by Crippen LogP contribution is 2.22. The van der Waals surface area contributed by atoms with E-state index in [0.29, 0.717) is 17.1 Å². The fourth-order valence-corrected chi connectivity index (χ4v) is 4.64. The number of nitrogens with one attached hydrogen (secondary N) is 2. The largest absolute Gasteiger partial charge is 0.444 e. The minimum Gasteiger partial charge on any atom is -0.444 e. The van der Waals surface area contributed by atoms with Crippen molar-refractivity contribution >= 4 is 23.6 Å². The molecule has 1 fully saturated rings. The zero-order valence-corrected chi connectivity index (χ0v) is 23.1. The summed E-state index contributed by atoms with van der Waals surface area (Å²) in [5.41, 5.74) is 4.67. The molecule has 200 valence electrons. The number of nitrogens with zero attached hydrogens (tertiary/aromatic N) is 1. The first-order chi connectivity index (χ1) is 18.1. The molecule has 0 bridgehead atoms. The van der Waals surface area contributed by atoms with Gasteiger partial charge in [-0.15, -0.1) is 0 Å². The van der Waals surface area contributed by atoms with Gasteiger partial charge < -0.3 is 15.4 Å². The molecule has 2 amide bonds. The Balaban J connectivity index is 1.18. The Morgan fingerprint density at radius 3 is 2.16 bits per heavy atom. The van der Waals surface area contributed by atoms with E-state index in [1.807, 2.05) is 69.3 Å². The van der Waals surface area contributed by atoms with E-state index in [1.165, 1.54) is 11.1 Å². The summed E-state index contributed by atoms with van der Waals surface area (Å²) in [7, 11) is 0. The van der Waals surface area contributed by atoms with E-state index in [0.717, 1.165) is 43.6 Å². The van der Waals surface area contributed by atoms with Crippen LogP contribution in [-0.4, -0.2) is 48.2 Å². The number of carbonyl (C=O) groups excluding carboxylic acids is 2. The van der Waals surface area contributed by atoms with Gasteiger partial charge in [0.15, 0.2) is 0 Å². The van der Waals surface area contributed by atoms with E-state index in [4.69, 9.17) is 16.3 Å². The number of carbonyl (C=O) groups is 2. The highest BCUT2D eigenvalue weighted by atomic mass is 35.5. The molecule has 0 aliphatic carbocycles. The molecule has 1 saturated heterocycles.